The summed E-state index contributed by atoms with van der Waals surface area (Å²) in [5, 5.41) is 7.32. The number of likely N-dealkylation sites (N-methyl/N-ethyl adjacent to an activating group) is 1. The minimum atomic E-state index is -0.694. The molecule has 0 heterocycles. The largest absolute Gasteiger partial charge is 0.370 e. The summed E-state index contributed by atoms with van der Waals surface area (Å²) < 4.78 is 12.1. The Morgan fingerprint density at radius 2 is 2.11 bits per heavy atom. The molecule has 5 nitrogen and oxygen atoms in total. The number of nitrogens with one attached hydrogen (secondary N) is 2. The Kier molecular flexibility index (Phi) is 12.1. The third-order valence-corrected chi connectivity index (χ3v) is 7.01. The van der Waals surface area contributed by atoms with Gasteiger partial charge >= 0.3 is 0 Å². The van der Waals surface area contributed by atoms with Crippen LogP contribution in [0.3, 0.4) is 0 Å². The van der Waals surface area contributed by atoms with Crippen LogP contribution in [-0.2, 0) is 10.8 Å². The quantitative estimate of drug-likeness (QED) is 0.312. The highest BCUT2D eigenvalue weighted by molar-refractivity contribution is 14.0. The van der Waals surface area contributed by atoms with Crippen LogP contribution in [-0.4, -0.2) is 53.9 Å². The predicted molar refractivity (Wildman–Crippen MR) is 134 cm³/mol. The first-order valence-electron chi connectivity index (χ1n) is 10.2. The van der Waals surface area contributed by atoms with Crippen molar-refractivity contribution in [2.24, 2.45) is 4.99 Å². The molecule has 0 spiro atoms. The zero-order valence-corrected chi connectivity index (χ0v) is 20.9. The van der Waals surface area contributed by atoms with Crippen molar-refractivity contribution in [1.29, 1.82) is 0 Å². The summed E-state index contributed by atoms with van der Waals surface area (Å²) in [5.74, 6) is 1.61. The molecule has 0 saturated heterocycles. The highest BCUT2D eigenvalue weighted by Gasteiger charge is 2.26. The molecule has 0 bridgehead atoms. The Morgan fingerprint density at radius 3 is 2.75 bits per heavy atom. The van der Waals surface area contributed by atoms with Gasteiger partial charge in [0.05, 0.1) is 0 Å². The molecule has 2 N–H and O–H groups in total. The first kappa shape index (κ1) is 25.2. The molecule has 1 fully saturated rings. The van der Waals surface area contributed by atoms with Gasteiger partial charge in [0.2, 0.25) is 0 Å². The Labute approximate surface area is 190 Å². The molecule has 0 radical (unpaired) electrons. The molecule has 28 heavy (non-hydrogen) atoms. The van der Waals surface area contributed by atoms with Crippen molar-refractivity contribution in [3.8, 4) is 0 Å². The van der Waals surface area contributed by atoms with E-state index < -0.39 is 10.8 Å². The average molecular weight is 521 g/mol. The lowest BCUT2D eigenvalue weighted by Crippen LogP contribution is -2.48. The van der Waals surface area contributed by atoms with E-state index in [1.807, 2.05) is 14.0 Å². The van der Waals surface area contributed by atoms with Crippen LogP contribution in [0.1, 0.15) is 45.1 Å². The van der Waals surface area contributed by atoms with Gasteiger partial charge < -0.3 is 15.5 Å². The van der Waals surface area contributed by atoms with Crippen LogP contribution in [0, 0.1) is 6.92 Å². The third kappa shape index (κ3) is 7.89. The standard InChI is InChI=1S/C21H36N4OS.HI/c1-5-25(19-11-7-9-17(3)15-19)14-13-23-21(22-4)24-18-10-8-12-20(16-18)27(26)6-2;/h7,9,11,15,18,20H,5-6,8,10,12-14,16H2,1-4H3,(H2,22,23,24);1H. The molecule has 1 aromatic carbocycles. The maximum absolute atomic E-state index is 12.1. The smallest absolute Gasteiger partial charge is 0.191 e. The molecule has 1 aromatic rings. The van der Waals surface area contributed by atoms with Crippen LogP contribution < -0.4 is 15.5 Å². The lowest BCUT2D eigenvalue weighted by molar-refractivity contribution is 0.413. The summed E-state index contributed by atoms with van der Waals surface area (Å²) in [5.41, 5.74) is 2.55. The molecular weight excluding hydrogens is 483 g/mol. The molecule has 3 atom stereocenters. The van der Waals surface area contributed by atoms with Crippen molar-refractivity contribution in [3.63, 3.8) is 0 Å². The Hall–Kier alpha value is -0.830. The SMILES string of the molecule is CCN(CCNC(=NC)NC1CCCC(S(=O)CC)C1)c1cccc(C)c1.I. The topological polar surface area (TPSA) is 56.7 Å². The molecule has 0 aliphatic heterocycles. The monoisotopic (exact) mass is 520 g/mol. The number of hydrogen-bond acceptors (Lipinski definition) is 3. The van der Waals surface area contributed by atoms with E-state index in [4.69, 9.17) is 0 Å². The van der Waals surface area contributed by atoms with E-state index in [1.54, 1.807) is 0 Å². The first-order chi connectivity index (χ1) is 13.1. The molecule has 2 rings (SSSR count). The Bertz CT molecular complexity index is 641. The maximum atomic E-state index is 12.1. The van der Waals surface area contributed by atoms with Gasteiger partial charge in [-0.1, -0.05) is 25.5 Å². The lowest BCUT2D eigenvalue weighted by Gasteiger charge is -2.30. The van der Waals surface area contributed by atoms with Crippen molar-refractivity contribution in [3.05, 3.63) is 29.8 Å². The summed E-state index contributed by atoms with van der Waals surface area (Å²) in [6, 6.07) is 9.00. The van der Waals surface area contributed by atoms with Crippen molar-refractivity contribution in [2.75, 3.05) is 37.3 Å². The fourth-order valence-corrected chi connectivity index (χ4v) is 5.09. The molecule has 160 valence electrons. The van der Waals surface area contributed by atoms with Crippen LogP contribution in [0.25, 0.3) is 0 Å². The highest BCUT2D eigenvalue weighted by atomic mass is 127. The second-order valence-corrected chi connectivity index (χ2v) is 9.22. The van der Waals surface area contributed by atoms with Crippen LogP contribution in [0.4, 0.5) is 5.69 Å². The van der Waals surface area contributed by atoms with Crippen LogP contribution in [0.2, 0.25) is 0 Å². The Balaban J connectivity index is 0.00000392. The van der Waals surface area contributed by atoms with E-state index in [-0.39, 0.29) is 24.0 Å². The second-order valence-electron chi connectivity index (χ2n) is 7.22. The minimum Gasteiger partial charge on any atom is -0.370 e. The predicted octanol–water partition coefficient (Wildman–Crippen LogP) is 3.68. The molecule has 0 amide bonds. The van der Waals surface area contributed by atoms with Gasteiger partial charge in [0.1, 0.15) is 0 Å². The van der Waals surface area contributed by atoms with Crippen molar-refractivity contribution in [2.45, 2.75) is 57.7 Å². The number of hydrogen-bond donors (Lipinski definition) is 2. The number of guanidine groups is 1. The van der Waals surface area contributed by atoms with E-state index in [9.17, 15) is 4.21 Å². The fourth-order valence-electron chi connectivity index (χ4n) is 3.74. The number of aliphatic imine (C=N–C) groups is 1. The summed E-state index contributed by atoms with van der Waals surface area (Å²) >= 11 is 0. The van der Waals surface area contributed by atoms with Gasteiger partial charge in [-0.25, -0.2) is 0 Å². The lowest BCUT2D eigenvalue weighted by atomic mass is 9.95. The molecule has 1 aliphatic carbocycles. The summed E-state index contributed by atoms with van der Waals surface area (Å²) in [7, 11) is 1.12. The fraction of sp³-hybridized carbons (Fsp3) is 0.667. The second kappa shape index (κ2) is 13.4. The summed E-state index contributed by atoms with van der Waals surface area (Å²) in [6.07, 6.45) is 4.34. The minimum absolute atomic E-state index is 0. The maximum Gasteiger partial charge on any atom is 0.191 e. The van der Waals surface area contributed by atoms with E-state index in [2.05, 4.69) is 58.6 Å². The number of rotatable bonds is 8. The molecule has 7 heteroatoms. The molecule has 1 saturated carbocycles. The Morgan fingerprint density at radius 1 is 1.32 bits per heavy atom. The van der Waals surface area contributed by atoms with Gasteiger partial charge in [0.25, 0.3) is 0 Å². The van der Waals surface area contributed by atoms with Crippen LogP contribution in [0.5, 0.6) is 0 Å². The number of anilines is 1. The highest BCUT2D eigenvalue weighted by Crippen LogP contribution is 2.23. The van der Waals surface area contributed by atoms with Crippen LogP contribution >= 0.6 is 24.0 Å². The molecular formula is C21H37IN4OS. The van der Waals surface area contributed by atoms with Crippen LogP contribution in [0.15, 0.2) is 29.3 Å². The van der Waals surface area contributed by atoms with E-state index >= 15 is 0 Å². The number of nitrogens with zero attached hydrogens (tertiary/aromatic N) is 2. The van der Waals surface area contributed by atoms with Crippen molar-refractivity contribution < 1.29 is 4.21 Å². The normalized spacial score (nSPS) is 20.8. The zero-order chi connectivity index (χ0) is 19.6. The van der Waals surface area contributed by atoms with E-state index in [0.717, 1.165) is 57.0 Å². The van der Waals surface area contributed by atoms with Crippen molar-refractivity contribution in [1.82, 2.24) is 10.6 Å². The molecule has 1 aliphatic rings. The summed E-state index contributed by atoms with van der Waals surface area (Å²) in [6.45, 7) is 9.06. The van der Waals surface area contributed by atoms with E-state index in [0.29, 0.717) is 11.3 Å². The van der Waals surface area contributed by atoms with Gasteiger partial charge in [0, 0.05) is 60.2 Å². The number of halogens is 1. The van der Waals surface area contributed by atoms with Gasteiger partial charge in [-0.2, -0.15) is 0 Å². The van der Waals surface area contributed by atoms with Gasteiger partial charge in [-0.3, -0.25) is 9.20 Å². The average Bonchev–Trinajstić information content (AvgIpc) is 2.69. The number of benzene rings is 1. The van der Waals surface area contributed by atoms with Gasteiger partial charge in [-0.15, -0.1) is 24.0 Å². The molecule has 0 aromatic heterocycles. The van der Waals surface area contributed by atoms with Gasteiger partial charge in [-0.05, 0) is 50.8 Å². The van der Waals surface area contributed by atoms with Gasteiger partial charge in [0.15, 0.2) is 5.96 Å². The van der Waals surface area contributed by atoms with E-state index in [1.165, 1.54) is 11.3 Å². The third-order valence-electron chi connectivity index (χ3n) is 5.27. The van der Waals surface area contributed by atoms with Crippen molar-refractivity contribution >= 4 is 46.4 Å². The summed E-state index contributed by atoms with van der Waals surface area (Å²) in [4.78, 5) is 6.75. The number of aryl methyl sites for hydroxylation is 1. The zero-order valence-electron chi connectivity index (χ0n) is 17.7. The molecule has 3 unspecified atom stereocenters. The first-order valence-corrected chi connectivity index (χ1v) is 11.6.